The van der Waals surface area contributed by atoms with Gasteiger partial charge in [-0.2, -0.15) is 0 Å². The van der Waals surface area contributed by atoms with Crippen molar-refractivity contribution in [3.05, 3.63) is 84.4 Å². The lowest BCUT2D eigenvalue weighted by Gasteiger charge is -2.16. The van der Waals surface area contributed by atoms with E-state index < -0.39 is 24.5 Å². The summed E-state index contributed by atoms with van der Waals surface area (Å²) in [5.74, 6) is -0.370. The first-order chi connectivity index (χ1) is 14.1. The molecule has 1 unspecified atom stereocenters. The summed E-state index contributed by atoms with van der Waals surface area (Å²) in [5, 5.41) is 14.8. The summed E-state index contributed by atoms with van der Waals surface area (Å²) < 4.78 is 5.12. The van der Waals surface area contributed by atoms with E-state index in [9.17, 15) is 14.7 Å². The second-order valence-electron chi connectivity index (χ2n) is 6.37. The third kappa shape index (κ3) is 5.21. The van der Waals surface area contributed by atoms with Gasteiger partial charge in [0.05, 0.1) is 13.7 Å². The SMILES string of the molecule is COc1cccc(NC(=O)C(CO)NC(=O)c2ccc(-c3ccccc3)cc2)c1. The normalized spacial score (nSPS) is 11.4. The summed E-state index contributed by atoms with van der Waals surface area (Å²) >= 11 is 0. The fourth-order valence-corrected chi connectivity index (χ4v) is 2.81. The average Bonchev–Trinajstić information content (AvgIpc) is 2.78. The van der Waals surface area contributed by atoms with Crippen LogP contribution in [0.2, 0.25) is 0 Å². The Labute approximate surface area is 169 Å². The van der Waals surface area contributed by atoms with Crippen LogP contribution in [-0.2, 0) is 4.79 Å². The Balaban J connectivity index is 1.65. The highest BCUT2D eigenvalue weighted by Gasteiger charge is 2.21. The van der Waals surface area contributed by atoms with Gasteiger partial charge in [-0.15, -0.1) is 0 Å². The van der Waals surface area contributed by atoms with E-state index in [1.54, 1.807) is 36.4 Å². The Hall–Kier alpha value is -3.64. The molecule has 0 bridgehead atoms. The maximum Gasteiger partial charge on any atom is 0.251 e. The molecule has 0 aromatic heterocycles. The highest BCUT2D eigenvalue weighted by molar-refractivity contribution is 6.01. The van der Waals surface area contributed by atoms with Crippen LogP contribution in [0, 0.1) is 0 Å². The number of benzene rings is 3. The summed E-state index contributed by atoms with van der Waals surface area (Å²) in [6, 6.07) is 22.6. The maximum atomic E-state index is 12.5. The molecule has 0 saturated carbocycles. The molecule has 0 aliphatic carbocycles. The van der Waals surface area contributed by atoms with E-state index in [4.69, 9.17) is 4.74 Å². The van der Waals surface area contributed by atoms with Crippen LogP contribution in [0.4, 0.5) is 5.69 Å². The van der Waals surface area contributed by atoms with Crippen molar-refractivity contribution in [3.63, 3.8) is 0 Å². The van der Waals surface area contributed by atoms with Gasteiger partial charge in [0.2, 0.25) is 5.91 Å². The number of hydrogen-bond acceptors (Lipinski definition) is 4. The van der Waals surface area contributed by atoms with E-state index in [1.165, 1.54) is 7.11 Å². The van der Waals surface area contributed by atoms with Crippen molar-refractivity contribution in [2.24, 2.45) is 0 Å². The number of carbonyl (C=O) groups is 2. The predicted molar refractivity (Wildman–Crippen MR) is 112 cm³/mol. The van der Waals surface area contributed by atoms with Crippen molar-refractivity contribution < 1.29 is 19.4 Å². The fraction of sp³-hybridized carbons (Fsp3) is 0.130. The van der Waals surface area contributed by atoms with Gasteiger partial charge in [0.15, 0.2) is 0 Å². The Morgan fingerprint density at radius 3 is 2.28 bits per heavy atom. The van der Waals surface area contributed by atoms with E-state index in [2.05, 4.69) is 10.6 Å². The van der Waals surface area contributed by atoms with Crippen molar-refractivity contribution in [1.29, 1.82) is 0 Å². The first kappa shape index (κ1) is 20.1. The topological polar surface area (TPSA) is 87.7 Å². The van der Waals surface area contributed by atoms with Gasteiger partial charge >= 0.3 is 0 Å². The second kappa shape index (κ2) is 9.52. The lowest BCUT2D eigenvalue weighted by molar-refractivity contribution is -0.118. The molecule has 3 rings (SSSR count). The van der Waals surface area contributed by atoms with Crippen molar-refractivity contribution >= 4 is 17.5 Å². The van der Waals surface area contributed by atoms with Crippen molar-refractivity contribution in [2.45, 2.75) is 6.04 Å². The van der Waals surface area contributed by atoms with Gasteiger partial charge in [-0.05, 0) is 35.4 Å². The number of ether oxygens (including phenoxy) is 1. The minimum atomic E-state index is -1.08. The molecule has 0 spiro atoms. The van der Waals surface area contributed by atoms with Gasteiger partial charge < -0.3 is 20.5 Å². The largest absolute Gasteiger partial charge is 0.497 e. The molecule has 0 saturated heterocycles. The van der Waals surface area contributed by atoms with Crippen LogP contribution >= 0.6 is 0 Å². The molecule has 6 heteroatoms. The molecule has 0 aliphatic heterocycles. The number of hydrogen-bond donors (Lipinski definition) is 3. The molecule has 148 valence electrons. The Morgan fingerprint density at radius 1 is 0.931 bits per heavy atom. The first-order valence-corrected chi connectivity index (χ1v) is 9.13. The van der Waals surface area contributed by atoms with Crippen molar-refractivity contribution in [1.82, 2.24) is 5.32 Å². The zero-order valence-corrected chi connectivity index (χ0v) is 16.0. The van der Waals surface area contributed by atoms with Gasteiger partial charge in [-0.25, -0.2) is 0 Å². The Morgan fingerprint density at radius 2 is 1.62 bits per heavy atom. The van der Waals surface area contributed by atoms with Gasteiger partial charge in [0.1, 0.15) is 11.8 Å². The summed E-state index contributed by atoms with van der Waals surface area (Å²) in [5.41, 5.74) is 2.94. The summed E-state index contributed by atoms with van der Waals surface area (Å²) in [7, 11) is 1.53. The van der Waals surface area contributed by atoms with E-state index >= 15 is 0 Å². The quantitative estimate of drug-likeness (QED) is 0.579. The molecule has 1 atom stereocenters. The molecule has 3 N–H and O–H groups in total. The van der Waals surface area contributed by atoms with E-state index in [0.29, 0.717) is 17.0 Å². The highest BCUT2D eigenvalue weighted by Crippen LogP contribution is 2.19. The molecular formula is C23H22N2O4. The third-order valence-electron chi connectivity index (χ3n) is 4.40. The molecule has 6 nitrogen and oxygen atoms in total. The van der Waals surface area contributed by atoms with Crippen LogP contribution in [0.25, 0.3) is 11.1 Å². The standard InChI is InChI=1S/C23H22N2O4/c1-29-20-9-5-8-19(14-20)24-23(28)21(15-26)25-22(27)18-12-10-17(11-13-18)16-6-3-2-4-7-16/h2-14,21,26H,15H2,1H3,(H,24,28)(H,25,27). The zero-order valence-electron chi connectivity index (χ0n) is 16.0. The van der Waals surface area contributed by atoms with E-state index in [1.807, 2.05) is 42.5 Å². The average molecular weight is 390 g/mol. The molecule has 3 aromatic carbocycles. The molecular weight excluding hydrogens is 368 g/mol. The maximum absolute atomic E-state index is 12.5. The molecule has 0 aliphatic rings. The van der Waals surface area contributed by atoms with Crippen LogP contribution in [0.1, 0.15) is 10.4 Å². The highest BCUT2D eigenvalue weighted by atomic mass is 16.5. The Bertz CT molecular complexity index is 972. The smallest absolute Gasteiger partial charge is 0.251 e. The number of methoxy groups -OCH3 is 1. The van der Waals surface area contributed by atoms with Gasteiger partial charge in [0, 0.05) is 17.3 Å². The molecule has 2 amide bonds. The summed E-state index contributed by atoms with van der Waals surface area (Å²) in [4.78, 5) is 24.9. The molecule has 0 heterocycles. The number of aliphatic hydroxyl groups is 1. The summed E-state index contributed by atoms with van der Waals surface area (Å²) in [6.07, 6.45) is 0. The van der Waals surface area contributed by atoms with Gasteiger partial charge in [-0.3, -0.25) is 9.59 Å². The number of anilines is 1. The van der Waals surface area contributed by atoms with Crippen LogP contribution < -0.4 is 15.4 Å². The predicted octanol–water partition coefficient (Wildman–Crippen LogP) is 3.09. The summed E-state index contributed by atoms with van der Waals surface area (Å²) in [6.45, 7) is -0.524. The molecule has 0 radical (unpaired) electrons. The van der Waals surface area contributed by atoms with Gasteiger partial charge in [0.25, 0.3) is 5.91 Å². The van der Waals surface area contributed by atoms with Gasteiger partial charge in [-0.1, -0.05) is 48.5 Å². The number of nitrogens with one attached hydrogen (secondary N) is 2. The monoisotopic (exact) mass is 390 g/mol. The minimum absolute atomic E-state index is 0.400. The van der Waals surface area contributed by atoms with Crippen LogP contribution in [-0.4, -0.2) is 36.7 Å². The molecule has 0 fully saturated rings. The number of carbonyl (C=O) groups excluding carboxylic acids is 2. The van der Waals surface area contributed by atoms with E-state index in [0.717, 1.165) is 11.1 Å². The second-order valence-corrected chi connectivity index (χ2v) is 6.37. The van der Waals surface area contributed by atoms with Crippen LogP contribution in [0.5, 0.6) is 5.75 Å². The zero-order chi connectivity index (χ0) is 20.6. The van der Waals surface area contributed by atoms with Crippen LogP contribution in [0.15, 0.2) is 78.9 Å². The minimum Gasteiger partial charge on any atom is -0.497 e. The molecule has 29 heavy (non-hydrogen) atoms. The third-order valence-corrected chi connectivity index (χ3v) is 4.40. The number of rotatable bonds is 7. The van der Waals surface area contributed by atoms with Crippen molar-refractivity contribution in [2.75, 3.05) is 19.0 Å². The number of amides is 2. The van der Waals surface area contributed by atoms with Crippen molar-refractivity contribution in [3.8, 4) is 16.9 Å². The lowest BCUT2D eigenvalue weighted by Crippen LogP contribution is -2.46. The molecule has 3 aromatic rings. The van der Waals surface area contributed by atoms with Crippen LogP contribution in [0.3, 0.4) is 0 Å². The first-order valence-electron chi connectivity index (χ1n) is 9.13. The lowest BCUT2D eigenvalue weighted by atomic mass is 10.0. The van der Waals surface area contributed by atoms with E-state index in [-0.39, 0.29) is 0 Å². The number of aliphatic hydroxyl groups excluding tert-OH is 1. The fourth-order valence-electron chi connectivity index (χ4n) is 2.81. The Kier molecular flexibility index (Phi) is 6.60.